The van der Waals surface area contributed by atoms with Gasteiger partial charge in [0.25, 0.3) is 0 Å². The van der Waals surface area contributed by atoms with Crippen LogP contribution in [0.25, 0.3) is 0 Å². The van der Waals surface area contributed by atoms with E-state index < -0.39 is 0 Å². The van der Waals surface area contributed by atoms with Crippen molar-refractivity contribution in [1.82, 2.24) is 0 Å². The molecule has 0 aliphatic heterocycles. The van der Waals surface area contributed by atoms with Crippen molar-refractivity contribution in [2.75, 3.05) is 0 Å². The Morgan fingerprint density at radius 2 is 2.00 bits per heavy atom. The minimum atomic E-state index is 0.736. The van der Waals surface area contributed by atoms with Crippen LogP contribution in [0, 0.1) is 0 Å². The van der Waals surface area contributed by atoms with E-state index in [2.05, 4.69) is 29.6 Å². The van der Waals surface area contributed by atoms with Crippen molar-refractivity contribution in [1.29, 1.82) is 0 Å². The third kappa shape index (κ3) is 4.93. The van der Waals surface area contributed by atoms with Gasteiger partial charge in [0.2, 0.25) is 0 Å². The SMILES string of the molecule is C[Se]/C=C/C(C)[Se]C. The molecule has 0 spiro atoms. The molecule has 8 heavy (non-hydrogen) atoms. The van der Waals surface area contributed by atoms with Gasteiger partial charge in [-0.15, -0.1) is 0 Å². The number of allylic oxidation sites excluding steroid dienone is 1. The molecule has 0 N–H and O–H groups in total. The predicted octanol–water partition coefficient (Wildman–Crippen LogP) is 1.81. The van der Waals surface area contributed by atoms with Crippen molar-refractivity contribution in [2.45, 2.75) is 23.4 Å². The van der Waals surface area contributed by atoms with Gasteiger partial charge in [-0.1, -0.05) is 0 Å². The Kier molecular flexibility index (Phi) is 6.48. The zero-order valence-corrected chi connectivity index (χ0v) is 8.97. The summed E-state index contributed by atoms with van der Waals surface area (Å²) in [5, 5.41) is 0. The van der Waals surface area contributed by atoms with E-state index in [4.69, 9.17) is 0 Å². The average Bonchev–Trinajstić information content (AvgIpc) is 1.83. The normalized spacial score (nSPS) is 14.9. The van der Waals surface area contributed by atoms with E-state index >= 15 is 0 Å². The van der Waals surface area contributed by atoms with Gasteiger partial charge in [-0.3, -0.25) is 0 Å². The second-order valence-corrected chi connectivity index (χ2v) is 5.61. The van der Waals surface area contributed by atoms with Crippen LogP contribution in [0.4, 0.5) is 0 Å². The fraction of sp³-hybridized carbons (Fsp3) is 0.667. The molecule has 0 rings (SSSR count). The second kappa shape index (κ2) is 5.91. The van der Waals surface area contributed by atoms with Crippen molar-refractivity contribution in [3.05, 3.63) is 11.1 Å². The number of hydrogen-bond acceptors (Lipinski definition) is 0. The average molecular weight is 242 g/mol. The van der Waals surface area contributed by atoms with E-state index in [0.29, 0.717) is 0 Å². The van der Waals surface area contributed by atoms with Gasteiger partial charge in [0.1, 0.15) is 0 Å². The van der Waals surface area contributed by atoms with E-state index in [1.54, 1.807) is 0 Å². The van der Waals surface area contributed by atoms with Crippen molar-refractivity contribution < 1.29 is 0 Å². The van der Waals surface area contributed by atoms with Gasteiger partial charge in [0, 0.05) is 0 Å². The summed E-state index contributed by atoms with van der Waals surface area (Å²) in [5.41, 5.74) is 0. The first-order chi connectivity index (χ1) is 3.81. The molecular weight excluding hydrogens is 230 g/mol. The molecule has 0 aromatic heterocycles. The van der Waals surface area contributed by atoms with Gasteiger partial charge < -0.3 is 0 Å². The Morgan fingerprint density at radius 3 is 2.38 bits per heavy atom. The molecule has 0 aliphatic rings. The fourth-order valence-corrected chi connectivity index (χ4v) is 2.09. The standard InChI is InChI=1S/C6H12Se2/c1-6(8-3)4-5-7-2/h4-6H,1-3H3/b5-4+. The summed E-state index contributed by atoms with van der Waals surface area (Å²) in [4.78, 5) is 3.16. The van der Waals surface area contributed by atoms with E-state index in [9.17, 15) is 0 Å². The van der Waals surface area contributed by atoms with Gasteiger partial charge in [0.05, 0.1) is 0 Å². The van der Waals surface area contributed by atoms with Gasteiger partial charge in [0.15, 0.2) is 0 Å². The van der Waals surface area contributed by atoms with E-state index in [-0.39, 0.29) is 0 Å². The summed E-state index contributed by atoms with van der Waals surface area (Å²) < 4.78 is 0. The first-order valence-electron chi connectivity index (χ1n) is 2.53. The van der Waals surface area contributed by atoms with Crippen LogP contribution in [0.2, 0.25) is 16.5 Å². The summed E-state index contributed by atoms with van der Waals surface area (Å²) >= 11 is 1.54. The third-order valence-corrected chi connectivity index (χ3v) is 3.65. The first-order valence-corrected chi connectivity index (χ1v) is 7.94. The molecule has 0 aliphatic carbocycles. The topological polar surface area (TPSA) is 0 Å². The minimum absolute atomic E-state index is 0.736. The molecule has 0 radical (unpaired) electrons. The molecule has 0 saturated carbocycles. The quantitative estimate of drug-likeness (QED) is 0.662. The Bertz CT molecular complexity index is 68.9. The third-order valence-electron chi connectivity index (χ3n) is 0.857. The van der Waals surface area contributed by atoms with Crippen molar-refractivity contribution >= 4 is 29.9 Å². The molecule has 0 heterocycles. The Balaban J connectivity index is 3.21. The Hall–Kier alpha value is 0.779. The van der Waals surface area contributed by atoms with Crippen LogP contribution in [-0.2, 0) is 0 Å². The fourth-order valence-electron chi connectivity index (χ4n) is 0.268. The Labute approximate surface area is 64.4 Å². The molecule has 0 amide bonds. The van der Waals surface area contributed by atoms with Crippen LogP contribution in [0.15, 0.2) is 11.1 Å². The summed E-state index contributed by atoms with van der Waals surface area (Å²) in [6.45, 7) is 2.28. The van der Waals surface area contributed by atoms with Gasteiger partial charge >= 0.3 is 64.3 Å². The van der Waals surface area contributed by atoms with Crippen LogP contribution < -0.4 is 0 Å². The molecule has 0 saturated heterocycles. The molecule has 48 valence electrons. The first kappa shape index (κ1) is 8.78. The van der Waals surface area contributed by atoms with Crippen LogP contribution >= 0.6 is 0 Å². The molecular formula is C6H12Se2. The monoisotopic (exact) mass is 244 g/mol. The van der Waals surface area contributed by atoms with Crippen molar-refractivity contribution in [3.8, 4) is 0 Å². The maximum atomic E-state index is 2.33. The van der Waals surface area contributed by atoms with E-state index in [0.717, 1.165) is 34.7 Å². The molecule has 0 fully saturated rings. The molecule has 0 nitrogen and oxygen atoms in total. The molecule has 0 aromatic rings. The van der Waals surface area contributed by atoms with Gasteiger partial charge in [-0.2, -0.15) is 0 Å². The molecule has 0 bridgehead atoms. The van der Waals surface area contributed by atoms with Crippen LogP contribution in [0.5, 0.6) is 0 Å². The van der Waals surface area contributed by atoms with Crippen LogP contribution in [0.1, 0.15) is 6.92 Å². The second-order valence-electron chi connectivity index (χ2n) is 1.51. The Morgan fingerprint density at radius 1 is 1.38 bits per heavy atom. The number of rotatable bonds is 3. The zero-order chi connectivity index (χ0) is 6.41. The zero-order valence-electron chi connectivity index (χ0n) is 5.55. The summed E-state index contributed by atoms with van der Waals surface area (Å²) in [6, 6.07) is 0. The summed E-state index contributed by atoms with van der Waals surface area (Å²) in [5.74, 6) is 4.52. The van der Waals surface area contributed by atoms with Crippen molar-refractivity contribution in [3.63, 3.8) is 0 Å². The summed E-state index contributed by atoms with van der Waals surface area (Å²) in [6.07, 6.45) is 2.33. The predicted molar refractivity (Wildman–Crippen MR) is 41.8 cm³/mol. The van der Waals surface area contributed by atoms with Crippen LogP contribution in [0.3, 0.4) is 0 Å². The van der Waals surface area contributed by atoms with Crippen LogP contribution in [-0.4, -0.2) is 29.9 Å². The van der Waals surface area contributed by atoms with Gasteiger partial charge in [-0.25, -0.2) is 0 Å². The van der Waals surface area contributed by atoms with E-state index in [1.165, 1.54) is 0 Å². The molecule has 1 unspecified atom stereocenters. The van der Waals surface area contributed by atoms with Crippen molar-refractivity contribution in [2.24, 2.45) is 0 Å². The molecule has 0 aromatic carbocycles. The number of hydrogen-bond donors (Lipinski definition) is 0. The van der Waals surface area contributed by atoms with Gasteiger partial charge in [-0.05, 0) is 0 Å². The van der Waals surface area contributed by atoms with E-state index in [1.807, 2.05) is 0 Å². The maximum absolute atomic E-state index is 2.33. The summed E-state index contributed by atoms with van der Waals surface area (Å²) in [7, 11) is 0. The molecule has 1 atom stereocenters. The molecule has 2 heteroatoms.